The van der Waals surface area contributed by atoms with Crippen LogP contribution in [0.15, 0.2) is 141 Å². The first-order valence-electron chi connectivity index (χ1n) is 18.5. The summed E-state index contributed by atoms with van der Waals surface area (Å²) in [4.78, 5) is 13.8. The Morgan fingerprint density at radius 1 is 0.354 bits per heavy atom. The van der Waals surface area contributed by atoms with Crippen molar-refractivity contribution in [1.82, 2.24) is 15.0 Å². The third kappa shape index (κ3) is 9.07. The third-order valence-corrected chi connectivity index (χ3v) is 13.9. The SMILES string of the molecule is O=S(=O)(O)c1ccc(-c2c3nc(c(-c4ccc(S(=O)(=O)O)cc4)c4ccc([n-]4)c(-c4ccc(S(=O)(=O)O)cc4)c4nc(c(-c5ccc(S(=O)(=O)O)cc5)c5ccc2=5)C=C4)C=C3)cc1.[Cl][Mn+]. The first kappa shape index (κ1) is 45.7. The molecule has 4 N–H and O–H groups in total. The van der Waals surface area contributed by atoms with Crippen LogP contribution >= 0.6 is 10.1 Å². The van der Waals surface area contributed by atoms with Crippen LogP contribution in [0.25, 0.3) is 79.8 Å². The summed E-state index contributed by atoms with van der Waals surface area (Å²) >= 11 is 2.41. The monoisotopic (exact) mass is 1010 g/mol. The van der Waals surface area contributed by atoms with Crippen molar-refractivity contribution in [2.45, 2.75) is 19.6 Å². The second kappa shape index (κ2) is 17.2. The average molecular weight is 1010 g/mol. The molecule has 0 amide bonds. The first-order valence-corrected chi connectivity index (χ1v) is 25.9. The average Bonchev–Trinajstić information content (AvgIpc) is 4.05. The second-order valence-electron chi connectivity index (χ2n) is 14.3. The van der Waals surface area contributed by atoms with Crippen molar-refractivity contribution >= 4 is 85.9 Å². The van der Waals surface area contributed by atoms with E-state index in [1.165, 1.54) is 97.1 Å². The molecule has 0 fully saturated rings. The summed E-state index contributed by atoms with van der Waals surface area (Å²) in [6.45, 7) is 0. The summed E-state index contributed by atoms with van der Waals surface area (Å²) in [5, 5.41) is 1.20. The van der Waals surface area contributed by atoms with Gasteiger partial charge in [-0.1, -0.05) is 72.8 Å². The number of hydrogen-bond acceptors (Lipinski definition) is 10. The molecule has 0 atom stereocenters. The fraction of sp³-hybridized carbons (Fsp3) is 0. The van der Waals surface area contributed by atoms with Crippen LogP contribution < -0.4 is 4.98 Å². The van der Waals surface area contributed by atoms with Crippen LogP contribution in [-0.2, 0) is 55.6 Å². The Hall–Kier alpha value is -5.87. The van der Waals surface area contributed by atoms with Crippen molar-refractivity contribution in [3.63, 3.8) is 0 Å². The Labute approximate surface area is 383 Å². The van der Waals surface area contributed by atoms with E-state index in [4.69, 9.17) is 15.0 Å². The number of halogens is 1. The molecule has 4 aliphatic rings. The van der Waals surface area contributed by atoms with Gasteiger partial charge in [0.2, 0.25) is 0 Å². The molecule has 329 valence electrons. The van der Waals surface area contributed by atoms with Crippen LogP contribution in [0.3, 0.4) is 0 Å². The molecule has 3 aliphatic heterocycles. The molecule has 4 heterocycles. The van der Waals surface area contributed by atoms with Crippen LogP contribution in [0.2, 0.25) is 0 Å². The third-order valence-electron chi connectivity index (χ3n) is 10.5. The number of nitrogens with zero attached hydrogens (tertiary/aromatic N) is 3. The van der Waals surface area contributed by atoms with Crippen LogP contribution in [-0.4, -0.2) is 61.9 Å². The van der Waals surface area contributed by atoms with Gasteiger partial charge < -0.3 is 4.98 Å². The van der Waals surface area contributed by atoms with E-state index in [0.29, 0.717) is 88.8 Å². The van der Waals surface area contributed by atoms with Crippen molar-refractivity contribution in [3.05, 3.63) is 155 Å². The predicted molar refractivity (Wildman–Crippen MR) is 239 cm³/mol. The molecule has 0 saturated heterocycles. The van der Waals surface area contributed by atoms with Crippen molar-refractivity contribution < 1.29 is 67.0 Å². The Bertz CT molecular complexity index is 3560. The molecule has 0 saturated carbocycles. The van der Waals surface area contributed by atoms with E-state index in [0.717, 1.165) is 0 Å². The fourth-order valence-electron chi connectivity index (χ4n) is 7.52. The number of rotatable bonds is 8. The topological polar surface area (TPSA) is 257 Å². The zero-order chi connectivity index (χ0) is 46.6. The van der Waals surface area contributed by atoms with Crippen molar-refractivity contribution in [3.8, 4) is 44.5 Å². The summed E-state index contributed by atoms with van der Waals surface area (Å²) < 4.78 is 135. The van der Waals surface area contributed by atoms with E-state index in [9.17, 15) is 51.9 Å². The van der Waals surface area contributed by atoms with Crippen LogP contribution in [0.4, 0.5) is 0 Å². The van der Waals surface area contributed by atoms with E-state index < -0.39 is 40.5 Å². The van der Waals surface area contributed by atoms with Gasteiger partial charge >= 0.3 is 25.2 Å². The van der Waals surface area contributed by atoms with Gasteiger partial charge in [-0.05, 0) is 117 Å². The Morgan fingerprint density at radius 3 is 0.815 bits per heavy atom. The number of benzene rings is 4. The minimum atomic E-state index is -4.56. The fourth-order valence-corrected chi connectivity index (χ4v) is 9.44. The van der Waals surface area contributed by atoms with Gasteiger partial charge in [0.25, 0.3) is 40.5 Å². The molecule has 5 aromatic rings. The number of hydrogen-bond donors (Lipinski definition) is 4. The van der Waals surface area contributed by atoms with Crippen LogP contribution in [0.1, 0.15) is 22.8 Å². The summed E-state index contributed by atoms with van der Waals surface area (Å²) in [7, 11) is -13.8. The van der Waals surface area contributed by atoms with Crippen LogP contribution in [0.5, 0.6) is 0 Å². The molecular formula is C44H28ClMnN3O12S4. The maximum atomic E-state index is 12.1. The van der Waals surface area contributed by atoms with Gasteiger partial charge in [0, 0.05) is 11.1 Å². The molecule has 1 aliphatic carbocycles. The van der Waals surface area contributed by atoms with Gasteiger partial charge in [-0.15, -0.1) is 11.0 Å². The molecule has 6 bridgehead atoms. The van der Waals surface area contributed by atoms with E-state index in [2.05, 4.69) is 25.2 Å². The van der Waals surface area contributed by atoms with Crippen molar-refractivity contribution in [2.75, 3.05) is 0 Å². The molecule has 21 heteroatoms. The summed E-state index contributed by atoms with van der Waals surface area (Å²) in [6.07, 6.45) is 6.90. The maximum absolute atomic E-state index is 12.1. The predicted octanol–water partition coefficient (Wildman–Crippen LogP) is 8.31. The number of aromatic nitrogens is 3. The Balaban J connectivity index is 0.00000284. The van der Waals surface area contributed by atoms with E-state index in [1.807, 2.05) is 12.1 Å². The molecule has 0 unspecified atom stereocenters. The quantitative estimate of drug-likeness (QED) is 0.0824. The molecule has 9 rings (SSSR count). The number of fused-ring (bicyclic) bond motifs is 6. The molecule has 15 nitrogen and oxygen atoms in total. The molecule has 1 aromatic heterocycles. The summed E-state index contributed by atoms with van der Waals surface area (Å²) in [6, 6.07) is 28.9. The van der Waals surface area contributed by atoms with E-state index in [-0.39, 0.29) is 19.6 Å². The van der Waals surface area contributed by atoms with Gasteiger partial charge in [-0.25, -0.2) is 9.97 Å². The molecular weight excluding hydrogens is 981 g/mol. The normalized spacial score (nSPS) is 12.8. The minimum absolute atomic E-state index is 0.347. The first-order chi connectivity index (χ1) is 30.7. The van der Waals surface area contributed by atoms with Gasteiger partial charge in [-0.2, -0.15) is 33.7 Å². The molecule has 65 heavy (non-hydrogen) atoms. The second-order valence-corrected chi connectivity index (χ2v) is 20.0. The van der Waals surface area contributed by atoms with E-state index >= 15 is 0 Å². The Kier molecular flexibility index (Phi) is 12.1. The van der Waals surface area contributed by atoms with Crippen LogP contribution in [0, 0.1) is 10.4 Å². The van der Waals surface area contributed by atoms with Crippen molar-refractivity contribution in [1.29, 1.82) is 0 Å². The zero-order valence-electron chi connectivity index (χ0n) is 32.6. The van der Waals surface area contributed by atoms with Gasteiger partial charge in [0.05, 0.1) is 42.4 Å². The standard InChI is InChI=1S/C44H28N3O12S4.ClH.Mn/c48-60(49,50)29-9-1-25(2-10-29)41-33-17-18-34(33)42(26-3-11-30(12-4-26)61(51,52)53)36-20-22-38(46-36)44(28-7-15-32(16-8-28)63(57,58)59)40-24-23-39(47-40)43(37-21-19-35(41)45-37)27-5-13-31(14-6-27)62(54,55)56;;/h1-24H,(H,48,49,50)(H,51,52,53)(H,54,55,56)(H,57,58,59);1H;/q-1;;+2/p-1. The van der Waals surface area contributed by atoms with Gasteiger partial charge in [0.1, 0.15) is 0 Å². The summed E-state index contributed by atoms with van der Waals surface area (Å²) in [5.74, 6) is 0. The van der Waals surface area contributed by atoms with Gasteiger partial charge in [-0.3, -0.25) is 18.2 Å². The molecule has 0 radical (unpaired) electrons. The van der Waals surface area contributed by atoms with Crippen molar-refractivity contribution in [2.24, 2.45) is 0 Å². The Morgan fingerprint density at radius 2 is 0.585 bits per heavy atom. The van der Waals surface area contributed by atoms with E-state index in [1.54, 1.807) is 36.4 Å². The molecule has 4 aromatic carbocycles. The van der Waals surface area contributed by atoms with Gasteiger partial charge in [0.15, 0.2) is 0 Å². The zero-order valence-corrected chi connectivity index (χ0v) is 37.8. The summed E-state index contributed by atoms with van der Waals surface area (Å²) in [5.41, 5.74) is 6.09. The molecule has 0 spiro atoms.